The van der Waals surface area contributed by atoms with Crippen LogP contribution in [0.2, 0.25) is 0 Å². The molecule has 170 valence electrons. The van der Waals surface area contributed by atoms with Crippen LogP contribution in [0.1, 0.15) is 30.9 Å². The molecule has 2 aromatic heterocycles. The number of aromatic nitrogens is 1. The number of ether oxygens (including phenoxy) is 1. The van der Waals surface area contributed by atoms with Crippen molar-refractivity contribution in [1.82, 2.24) is 10.3 Å². The van der Waals surface area contributed by atoms with Gasteiger partial charge in [0.2, 0.25) is 0 Å². The third kappa shape index (κ3) is 4.03. The summed E-state index contributed by atoms with van der Waals surface area (Å²) in [6.45, 7) is 6.94. The Morgan fingerprint density at radius 1 is 1.22 bits per heavy atom. The Morgan fingerprint density at radius 3 is 2.62 bits per heavy atom. The molecule has 0 radical (unpaired) electrons. The maximum absolute atomic E-state index is 15.3. The third-order valence-corrected chi connectivity index (χ3v) is 7.16. The second-order valence-corrected chi connectivity index (χ2v) is 9.11. The van der Waals surface area contributed by atoms with Crippen molar-refractivity contribution in [2.24, 2.45) is 5.92 Å². The summed E-state index contributed by atoms with van der Waals surface area (Å²) in [7, 11) is 3.53. The number of nitrogens with one attached hydrogen (secondary N) is 2. The Labute approximate surface area is 197 Å². The Bertz CT molecular complexity index is 1330. The second-order valence-electron chi connectivity index (χ2n) is 8.20. The highest BCUT2D eigenvalue weighted by Gasteiger charge is 2.21. The SMILES string of the molecule is CNCC(C)C(C)c1ccc(-c2c(OC)cc(C)c3[nH]c(=O)c4sccc4c23)cc1F.Cl. The number of H-pyrrole nitrogens is 1. The molecule has 7 heteroatoms. The number of pyridine rings is 1. The van der Waals surface area contributed by atoms with E-state index in [0.29, 0.717) is 21.9 Å². The van der Waals surface area contributed by atoms with Crippen LogP contribution >= 0.6 is 23.7 Å². The normalized spacial score (nSPS) is 13.2. The minimum absolute atomic E-state index is 0. The van der Waals surface area contributed by atoms with Crippen LogP contribution in [0.5, 0.6) is 5.75 Å². The van der Waals surface area contributed by atoms with Crippen LogP contribution < -0.4 is 15.6 Å². The van der Waals surface area contributed by atoms with Crippen molar-refractivity contribution >= 4 is 44.7 Å². The molecule has 2 heterocycles. The van der Waals surface area contributed by atoms with Gasteiger partial charge in [-0.1, -0.05) is 26.0 Å². The molecule has 0 aliphatic rings. The number of hydrogen-bond donors (Lipinski definition) is 2. The lowest BCUT2D eigenvalue weighted by atomic mass is 9.87. The first-order valence-corrected chi connectivity index (χ1v) is 11.3. The molecule has 0 fully saturated rings. The molecular formula is C25H28ClFN2O2S. The van der Waals surface area contributed by atoms with E-state index in [1.807, 2.05) is 43.6 Å². The second kappa shape index (κ2) is 9.61. The summed E-state index contributed by atoms with van der Waals surface area (Å²) >= 11 is 1.40. The van der Waals surface area contributed by atoms with E-state index in [4.69, 9.17) is 4.74 Å². The van der Waals surface area contributed by atoms with E-state index in [2.05, 4.69) is 24.1 Å². The molecule has 4 rings (SSSR count). The Hall–Kier alpha value is -2.41. The van der Waals surface area contributed by atoms with Crippen LogP contribution in [0.25, 0.3) is 32.1 Å². The first kappa shape index (κ1) is 24.2. The molecule has 2 unspecified atom stereocenters. The summed E-state index contributed by atoms with van der Waals surface area (Å²) in [5.41, 5.74) is 3.79. The highest BCUT2D eigenvalue weighted by molar-refractivity contribution is 7.17. The lowest BCUT2D eigenvalue weighted by molar-refractivity contribution is 0.416. The molecule has 4 nitrogen and oxygen atoms in total. The molecule has 2 aromatic carbocycles. The van der Waals surface area contributed by atoms with Crippen molar-refractivity contribution < 1.29 is 9.13 Å². The molecule has 0 saturated heterocycles. The summed E-state index contributed by atoms with van der Waals surface area (Å²) in [5, 5.41) is 6.82. The van der Waals surface area contributed by atoms with Gasteiger partial charge in [0, 0.05) is 16.3 Å². The maximum Gasteiger partial charge on any atom is 0.266 e. The molecular weight excluding hydrogens is 447 g/mol. The largest absolute Gasteiger partial charge is 0.496 e. The molecule has 4 aromatic rings. The molecule has 0 bridgehead atoms. The fourth-order valence-electron chi connectivity index (χ4n) is 4.37. The predicted octanol–water partition coefficient (Wildman–Crippen LogP) is 6.25. The number of aromatic amines is 1. The monoisotopic (exact) mass is 474 g/mol. The first-order valence-electron chi connectivity index (χ1n) is 10.4. The number of hydrogen-bond acceptors (Lipinski definition) is 4. The zero-order chi connectivity index (χ0) is 22.3. The fourth-order valence-corrected chi connectivity index (χ4v) is 5.17. The van der Waals surface area contributed by atoms with E-state index in [-0.39, 0.29) is 29.7 Å². The summed E-state index contributed by atoms with van der Waals surface area (Å²) in [6, 6.07) is 9.27. The van der Waals surface area contributed by atoms with Crippen molar-refractivity contribution in [2.45, 2.75) is 26.7 Å². The van der Waals surface area contributed by atoms with Crippen LogP contribution in [0.4, 0.5) is 4.39 Å². The number of methoxy groups -OCH3 is 1. The highest BCUT2D eigenvalue weighted by atomic mass is 35.5. The van der Waals surface area contributed by atoms with Crippen LogP contribution in [0.15, 0.2) is 40.5 Å². The van der Waals surface area contributed by atoms with Gasteiger partial charge in [-0.15, -0.1) is 23.7 Å². The van der Waals surface area contributed by atoms with Crippen molar-refractivity contribution in [3.63, 3.8) is 0 Å². The zero-order valence-electron chi connectivity index (χ0n) is 18.8. The number of halogens is 2. The minimum atomic E-state index is -0.227. The van der Waals surface area contributed by atoms with Gasteiger partial charge in [-0.2, -0.15) is 0 Å². The molecule has 0 spiro atoms. The van der Waals surface area contributed by atoms with E-state index >= 15 is 4.39 Å². The summed E-state index contributed by atoms with van der Waals surface area (Å²) < 4.78 is 21.7. The van der Waals surface area contributed by atoms with Gasteiger partial charge >= 0.3 is 0 Å². The summed E-state index contributed by atoms with van der Waals surface area (Å²) in [6.07, 6.45) is 0. The number of thiophene rings is 1. The van der Waals surface area contributed by atoms with Crippen LogP contribution in [-0.4, -0.2) is 25.7 Å². The smallest absolute Gasteiger partial charge is 0.266 e. The average Bonchev–Trinajstić information content (AvgIpc) is 3.24. The van der Waals surface area contributed by atoms with Gasteiger partial charge in [-0.25, -0.2) is 4.39 Å². The Balaban J connectivity index is 0.00000289. The molecule has 2 N–H and O–H groups in total. The highest BCUT2D eigenvalue weighted by Crippen LogP contribution is 2.42. The van der Waals surface area contributed by atoms with Crippen molar-refractivity contribution in [2.75, 3.05) is 20.7 Å². The topological polar surface area (TPSA) is 54.1 Å². The molecule has 0 aliphatic heterocycles. The summed E-state index contributed by atoms with van der Waals surface area (Å²) in [4.78, 5) is 15.6. The van der Waals surface area contributed by atoms with Crippen LogP contribution in [-0.2, 0) is 0 Å². The van der Waals surface area contributed by atoms with Crippen molar-refractivity contribution in [3.8, 4) is 16.9 Å². The van der Waals surface area contributed by atoms with Gasteiger partial charge in [-0.05, 0) is 72.6 Å². The zero-order valence-corrected chi connectivity index (χ0v) is 20.5. The Morgan fingerprint density at radius 2 is 1.97 bits per heavy atom. The average molecular weight is 475 g/mol. The number of aryl methyl sites for hydroxylation is 1. The third-order valence-electron chi connectivity index (χ3n) is 6.25. The van der Waals surface area contributed by atoms with Gasteiger partial charge in [0.15, 0.2) is 0 Å². The molecule has 0 aliphatic carbocycles. The van der Waals surface area contributed by atoms with Crippen molar-refractivity contribution in [3.05, 3.63) is 63.0 Å². The van der Waals surface area contributed by atoms with Crippen LogP contribution in [0.3, 0.4) is 0 Å². The van der Waals surface area contributed by atoms with Gasteiger partial charge in [0.1, 0.15) is 16.3 Å². The fraction of sp³-hybridized carbons (Fsp3) is 0.320. The number of fused-ring (bicyclic) bond motifs is 3. The van der Waals surface area contributed by atoms with E-state index in [1.165, 1.54) is 11.3 Å². The van der Waals surface area contributed by atoms with Gasteiger partial charge in [0.05, 0.1) is 12.6 Å². The predicted molar refractivity (Wildman–Crippen MR) is 135 cm³/mol. The Kier molecular flexibility index (Phi) is 7.28. The van der Waals surface area contributed by atoms with Gasteiger partial charge < -0.3 is 15.0 Å². The number of rotatable bonds is 6. The summed E-state index contributed by atoms with van der Waals surface area (Å²) in [5.74, 6) is 0.816. The number of benzene rings is 2. The quantitative estimate of drug-likeness (QED) is 0.347. The lowest BCUT2D eigenvalue weighted by Gasteiger charge is -2.21. The maximum atomic E-state index is 15.3. The molecule has 0 amide bonds. The van der Waals surface area contributed by atoms with E-state index in [0.717, 1.165) is 39.5 Å². The van der Waals surface area contributed by atoms with Crippen molar-refractivity contribution in [1.29, 1.82) is 0 Å². The first-order chi connectivity index (χ1) is 14.9. The van der Waals surface area contributed by atoms with E-state index < -0.39 is 0 Å². The van der Waals surface area contributed by atoms with E-state index in [1.54, 1.807) is 13.2 Å². The lowest BCUT2D eigenvalue weighted by Crippen LogP contribution is -2.21. The van der Waals surface area contributed by atoms with Gasteiger partial charge in [-0.3, -0.25) is 4.79 Å². The van der Waals surface area contributed by atoms with Gasteiger partial charge in [0.25, 0.3) is 5.56 Å². The molecule has 0 saturated carbocycles. The molecule has 32 heavy (non-hydrogen) atoms. The van der Waals surface area contributed by atoms with E-state index in [9.17, 15) is 4.79 Å². The standard InChI is InChI=1S/C25H27FN2O2S.ClH/c1-13-10-20(30-5)21(22-18-8-9-31-24(18)25(29)28-23(13)22)16-6-7-17(19(26)11-16)15(3)14(2)12-27-4;/h6-11,14-15,27H,12H2,1-5H3,(H,28,29);1H. The van der Waals surface area contributed by atoms with Crippen LogP contribution in [0, 0.1) is 18.7 Å². The minimum Gasteiger partial charge on any atom is -0.496 e. The molecule has 2 atom stereocenters.